The molecule has 2 heterocycles. The maximum atomic E-state index is 12.2. The van der Waals surface area contributed by atoms with E-state index in [2.05, 4.69) is 10.3 Å². The van der Waals surface area contributed by atoms with Crippen molar-refractivity contribution in [1.82, 2.24) is 15.2 Å². The molecule has 0 aromatic carbocycles. The number of aromatic nitrogens is 1. The Labute approximate surface area is 126 Å². The highest BCUT2D eigenvalue weighted by Crippen LogP contribution is 2.11. The molecule has 2 atom stereocenters. The van der Waals surface area contributed by atoms with Gasteiger partial charge in [0.05, 0.1) is 12.2 Å². The zero-order valence-corrected chi connectivity index (χ0v) is 13.2. The molecule has 21 heavy (non-hydrogen) atoms. The van der Waals surface area contributed by atoms with Crippen LogP contribution in [0.25, 0.3) is 0 Å². The zero-order chi connectivity index (χ0) is 15.4. The highest BCUT2D eigenvalue weighted by molar-refractivity contribution is 5.74. The predicted molar refractivity (Wildman–Crippen MR) is 82.4 cm³/mol. The Morgan fingerprint density at radius 2 is 2.05 bits per heavy atom. The zero-order valence-electron chi connectivity index (χ0n) is 13.2. The van der Waals surface area contributed by atoms with Crippen LogP contribution >= 0.6 is 0 Å². The monoisotopic (exact) mass is 292 g/mol. The van der Waals surface area contributed by atoms with Gasteiger partial charge in [-0.05, 0) is 25.5 Å². The van der Waals surface area contributed by atoms with Gasteiger partial charge >= 0.3 is 6.03 Å². The average Bonchev–Trinajstić information content (AvgIpc) is 2.44. The second-order valence-electron chi connectivity index (χ2n) is 5.74. The number of hydrogen-bond acceptors (Lipinski definition) is 4. The van der Waals surface area contributed by atoms with Gasteiger partial charge in [-0.3, -0.25) is 0 Å². The summed E-state index contributed by atoms with van der Waals surface area (Å²) in [6.07, 6.45) is 1.96. The number of ether oxygens (including phenoxy) is 1. The number of carbonyl (C=O) groups is 1. The van der Waals surface area contributed by atoms with Crippen LogP contribution in [0.3, 0.4) is 0 Å². The van der Waals surface area contributed by atoms with Crippen molar-refractivity contribution >= 4 is 11.8 Å². The summed E-state index contributed by atoms with van der Waals surface area (Å²) in [5.41, 5.74) is 0.989. The summed E-state index contributed by atoms with van der Waals surface area (Å²) in [5, 5.41) is 2.94. The Hall–Kier alpha value is -1.82. The number of nitrogens with zero attached hydrogens (tertiary/aromatic N) is 3. The first-order chi connectivity index (χ1) is 9.95. The second-order valence-corrected chi connectivity index (χ2v) is 5.74. The number of urea groups is 1. The molecular formula is C15H24N4O2. The molecule has 0 radical (unpaired) electrons. The summed E-state index contributed by atoms with van der Waals surface area (Å²) >= 11 is 0. The molecule has 0 bridgehead atoms. The van der Waals surface area contributed by atoms with Crippen molar-refractivity contribution < 1.29 is 9.53 Å². The molecule has 0 aliphatic carbocycles. The van der Waals surface area contributed by atoms with Crippen molar-refractivity contribution in [2.45, 2.75) is 32.6 Å². The van der Waals surface area contributed by atoms with E-state index in [-0.39, 0.29) is 18.2 Å². The molecule has 2 rings (SSSR count). The molecule has 1 aliphatic rings. The smallest absolute Gasteiger partial charge is 0.317 e. The van der Waals surface area contributed by atoms with Gasteiger partial charge < -0.3 is 19.9 Å². The van der Waals surface area contributed by atoms with E-state index in [9.17, 15) is 4.79 Å². The lowest BCUT2D eigenvalue weighted by atomic mass is 10.2. The molecule has 1 saturated heterocycles. The summed E-state index contributed by atoms with van der Waals surface area (Å²) in [5.74, 6) is 0.904. The van der Waals surface area contributed by atoms with Crippen LogP contribution in [0.1, 0.15) is 19.4 Å². The molecular weight excluding hydrogens is 268 g/mol. The van der Waals surface area contributed by atoms with Crippen LogP contribution in [-0.4, -0.2) is 55.3 Å². The minimum Gasteiger partial charge on any atom is -0.372 e. The van der Waals surface area contributed by atoms with Crippen LogP contribution in [0.15, 0.2) is 18.3 Å². The van der Waals surface area contributed by atoms with Gasteiger partial charge in [0.15, 0.2) is 0 Å². The Morgan fingerprint density at radius 3 is 2.57 bits per heavy atom. The van der Waals surface area contributed by atoms with Crippen molar-refractivity contribution in [3.05, 3.63) is 23.9 Å². The van der Waals surface area contributed by atoms with E-state index in [1.165, 1.54) is 0 Å². The average molecular weight is 292 g/mol. The molecule has 116 valence electrons. The van der Waals surface area contributed by atoms with Gasteiger partial charge in [-0.2, -0.15) is 0 Å². The number of hydrogen-bond donors (Lipinski definition) is 1. The van der Waals surface area contributed by atoms with Gasteiger partial charge in [-0.25, -0.2) is 9.78 Å². The molecule has 6 nitrogen and oxygen atoms in total. The summed E-state index contributed by atoms with van der Waals surface area (Å²) < 4.78 is 5.63. The van der Waals surface area contributed by atoms with Crippen molar-refractivity contribution in [2.24, 2.45) is 0 Å². The maximum Gasteiger partial charge on any atom is 0.317 e. The third-order valence-corrected chi connectivity index (χ3v) is 3.42. The third kappa shape index (κ3) is 4.32. The van der Waals surface area contributed by atoms with Crippen LogP contribution in [0.5, 0.6) is 0 Å². The van der Waals surface area contributed by atoms with Crippen molar-refractivity contribution in [3.8, 4) is 0 Å². The summed E-state index contributed by atoms with van der Waals surface area (Å²) in [6.45, 7) is 5.72. The number of nitrogens with one attached hydrogen (secondary N) is 1. The number of pyridine rings is 1. The second kappa shape index (κ2) is 6.76. The van der Waals surface area contributed by atoms with Gasteiger partial charge in [0.2, 0.25) is 0 Å². The van der Waals surface area contributed by atoms with Crippen LogP contribution in [0, 0.1) is 0 Å². The van der Waals surface area contributed by atoms with E-state index in [0.29, 0.717) is 19.6 Å². The van der Waals surface area contributed by atoms with Gasteiger partial charge in [-0.1, -0.05) is 6.07 Å². The minimum absolute atomic E-state index is 0.0475. The molecule has 1 aliphatic heterocycles. The molecule has 0 saturated carbocycles. The quantitative estimate of drug-likeness (QED) is 0.916. The Morgan fingerprint density at radius 1 is 1.38 bits per heavy atom. The van der Waals surface area contributed by atoms with Gasteiger partial charge in [0.1, 0.15) is 5.82 Å². The molecule has 1 aromatic heterocycles. The summed E-state index contributed by atoms with van der Waals surface area (Å²) in [4.78, 5) is 20.3. The minimum atomic E-state index is -0.0475. The van der Waals surface area contributed by atoms with Gasteiger partial charge in [-0.15, -0.1) is 0 Å². The van der Waals surface area contributed by atoms with E-state index in [0.717, 1.165) is 11.4 Å². The number of rotatable bonds is 3. The predicted octanol–water partition coefficient (Wildman–Crippen LogP) is 1.47. The summed E-state index contributed by atoms with van der Waals surface area (Å²) in [6, 6.07) is 3.88. The first-order valence-corrected chi connectivity index (χ1v) is 7.26. The topological polar surface area (TPSA) is 57.7 Å². The first-order valence-electron chi connectivity index (χ1n) is 7.26. The van der Waals surface area contributed by atoms with E-state index < -0.39 is 0 Å². The first kappa shape index (κ1) is 15.6. The molecule has 2 amide bonds. The fourth-order valence-electron chi connectivity index (χ4n) is 2.42. The lowest BCUT2D eigenvalue weighted by Gasteiger charge is -2.35. The highest BCUT2D eigenvalue weighted by Gasteiger charge is 2.25. The fourth-order valence-corrected chi connectivity index (χ4v) is 2.42. The van der Waals surface area contributed by atoms with Crippen molar-refractivity contribution in [3.63, 3.8) is 0 Å². The fraction of sp³-hybridized carbons (Fsp3) is 0.600. The van der Waals surface area contributed by atoms with Crippen LogP contribution in [-0.2, 0) is 11.3 Å². The number of amides is 2. The normalized spacial score (nSPS) is 22.0. The maximum absolute atomic E-state index is 12.2. The Balaban J connectivity index is 1.86. The van der Waals surface area contributed by atoms with Crippen LogP contribution in [0.2, 0.25) is 0 Å². The number of carbonyl (C=O) groups excluding carboxylic acids is 1. The number of morpholine rings is 1. The molecule has 1 fully saturated rings. The van der Waals surface area contributed by atoms with Crippen molar-refractivity contribution in [2.75, 3.05) is 32.1 Å². The summed E-state index contributed by atoms with van der Waals surface area (Å²) in [7, 11) is 3.90. The van der Waals surface area contributed by atoms with Crippen LogP contribution in [0.4, 0.5) is 10.6 Å². The molecule has 1 aromatic rings. The molecule has 1 N–H and O–H groups in total. The Kier molecular flexibility index (Phi) is 5.01. The van der Waals surface area contributed by atoms with Crippen molar-refractivity contribution in [1.29, 1.82) is 0 Å². The highest BCUT2D eigenvalue weighted by atomic mass is 16.5. The Bertz CT molecular complexity index is 465. The van der Waals surface area contributed by atoms with Gasteiger partial charge in [0, 0.05) is 39.9 Å². The van der Waals surface area contributed by atoms with Crippen LogP contribution < -0.4 is 10.2 Å². The van der Waals surface area contributed by atoms with E-state index in [1.807, 2.05) is 45.0 Å². The standard InChI is InChI=1S/C15H24N4O2/c1-11-9-19(10-12(2)21-11)15(20)17-8-13-5-6-14(16-7-13)18(3)4/h5-7,11-12H,8-10H2,1-4H3,(H,17,20)/t11-,12-/m1/s1. The van der Waals surface area contributed by atoms with E-state index in [4.69, 9.17) is 4.74 Å². The molecule has 6 heteroatoms. The van der Waals surface area contributed by atoms with Gasteiger partial charge in [0.25, 0.3) is 0 Å². The van der Waals surface area contributed by atoms with E-state index >= 15 is 0 Å². The SMILES string of the molecule is C[C@@H]1CN(C(=O)NCc2ccc(N(C)C)nc2)C[C@@H](C)O1. The lowest BCUT2D eigenvalue weighted by molar-refractivity contribution is -0.0545. The lowest BCUT2D eigenvalue weighted by Crippen LogP contribution is -2.51. The third-order valence-electron chi connectivity index (χ3n) is 3.42. The number of anilines is 1. The molecule has 0 unspecified atom stereocenters. The van der Waals surface area contributed by atoms with E-state index in [1.54, 1.807) is 11.1 Å². The largest absolute Gasteiger partial charge is 0.372 e. The molecule has 0 spiro atoms.